The van der Waals surface area contributed by atoms with Crippen LogP contribution in [-0.4, -0.2) is 45.4 Å². The summed E-state index contributed by atoms with van der Waals surface area (Å²) < 4.78 is 17.7. The molecule has 4 rings (SSSR count). The quantitative estimate of drug-likeness (QED) is 0.664. The van der Waals surface area contributed by atoms with Gasteiger partial charge in [-0.15, -0.1) is 0 Å². The maximum atomic E-state index is 12.6. The topological polar surface area (TPSA) is 83.3 Å². The van der Waals surface area contributed by atoms with Gasteiger partial charge >= 0.3 is 5.97 Å². The summed E-state index contributed by atoms with van der Waals surface area (Å²) in [5.41, 5.74) is 4.69. The zero-order valence-electron chi connectivity index (χ0n) is 17.1. The van der Waals surface area contributed by atoms with Gasteiger partial charge in [-0.25, -0.2) is 9.78 Å². The Morgan fingerprint density at radius 2 is 2.07 bits per heavy atom. The fourth-order valence-electron chi connectivity index (χ4n) is 4.20. The largest absolute Gasteiger partial charge is 0.457 e. The lowest BCUT2D eigenvalue weighted by Crippen LogP contribution is -2.36. The molecule has 3 heterocycles. The van der Waals surface area contributed by atoms with Gasteiger partial charge in [0.1, 0.15) is 17.7 Å². The molecule has 0 bridgehead atoms. The number of benzene rings is 1. The molecule has 30 heavy (non-hydrogen) atoms. The molecule has 1 saturated heterocycles. The molecule has 7 heteroatoms. The first-order valence-corrected chi connectivity index (χ1v) is 11.6. The van der Waals surface area contributed by atoms with Gasteiger partial charge in [-0.2, -0.15) is 5.26 Å². The molecule has 1 atom stereocenters. The van der Waals surface area contributed by atoms with Crippen molar-refractivity contribution in [1.29, 1.82) is 5.26 Å². The first-order chi connectivity index (χ1) is 14.5. The Labute approximate surface area is 179 Å². The molecule has 1 fully saturated rings. The summed E-state index contributed by atoms with van der Waals surface area (Å²) in [4.78, 5) is 18.3. The molecule has 2 aliphatic heterocycles. The first-order valence-electron chi connectivity index (χ1n) is 10.3. The van der Waals surface area contributed by atoms with Crippen LogP contribution >= 0.6 is 0 Å². The van der Waals surface area contributed by atoms with Crippen LogP contribution in [0.4, 0.5) is 0 Å². The summed E-state index contributed by atoms with van der Waals surface area (Å²) in [5, 5.41) is 9.41. The van der Waals surface area contributed by atoms with Crippen molar-refractivity contribution in [2.24, 2.45) is 5.92 Å². The van der Waals surface area contributed by atoms with E-state index in [1.54, 1.807) is 12.1 Å². The van der Waals surface area contributed by atoms with Crippen molar-refractivity contribution in [1.82, 2.24) is 9.88 Å². The molecule has 6 nitrogen and oxygen atoms in total. The number of hydrogen-bond acceptors (Lipinski definition) is 6. The standard InChI is InChI=1S/C23H25N3O3S/c1-16-19(3-4-20-21(16)14-29-23(20)27)8-11-26-9-6-17(7-10-26)15-30(28)22-5-2-18(12-24)13-25-22/h2-5,13,17H,6-11,14-15H2,1H3. The fraction of sp³-hybridized carbons (Fsp3) is 0.435. The third-order valence-electron chi connectivity index (χ3n) is 6.17. The molecule has 1 aromatic carbocycles. The van der Waals surface area contributed by atoms with E-state index in [0.29, 0.717) is 34.4 Å². The summed E-state index contributed by atoms with van der Waals surface area (Å²) in [6.45, 7) is 5.48. The van der Waals surface area contributed by atoms with Gasteiger partial charge in [-0.05, 0) is 74.5 Å². The van der Waals surface area contributed by atoms with Crippen LogP contribution < -0.4 is 0 Å². The van der Waals surface area contributed by atoms with E-state index in [9.17, 15) is 9.00 Å². The van der Waals surface area contributed by atoms with Crippen LogP contribution in [0.15, 0.2) is 35.5 Å². The summed E-state index contributed by atoms with van der Waals surface area (Å²) in [5.74, 6) is 0.852. The molecular formula is C23H25N3O3S. The minimum absolute atomic E-state index is 0.213. The highest BCUT2D eigenvalue weighted by Gasteiger charge is 2.25. The van der Waals surface area contributed by atoms with Crippen molar-refractivity contribution < 1.29 is 13.7 Å². The molecule has 0 radical (unpaired) electrons. The number of pyridine rings is 1. The molecule has 2 aliphatic rings. The van der Waals surface area contributed by atoms with Gasteiger partial charge in [0.15, 0.2) is 0 Å². The number of likely N-dealkylation sites (tertiary alicyclic amines) is 1. The lowest BCUT2D eigenvalue weighted by molar-refractivity contribution is 0.0535. The van der Waals surface area contributed by atoms with Gasteiger partial charge in [0.25, 0.3) is 0 Å². The zero-order chi connectivity index (χ0) is 21.1. The number of nitrogens with zero attached hydrogens (tertiary/aromatic N) is 3. The molecule has 0 aliphatic carbocycles. The number of piperidine rings is 1. The van der Waals surface area contributed by atoms with Crippen LogP contribution in [0.1, 0.15) is 45.5 Å². The molecule has 1 unspecified atom stereocenters. The minimum Gasteiger partial charge on any atom is -0.457 e. The smallest absolute Gasteiger partial charge is 0.338 e. The second kappa shape index (κ2) is 9.07. The number of aromatic nitrogens is 1. The number of carbonyl (C=O) groups is 1. The summed E-state index contributed by atoms with van der Waals surface area (Å²) in [7, 11) is -1.12. The van der Waals surface area contributed by atoms with E-state index in [0.717, 1.165) is 44.5 Å². The minimum atomic E-state index is -1.12. The molecule has 0 amide bonds. The molecular weight excluding hydrogens is 398 g/mol. The number of cyclic esters (lactones) is 1. The first kappa shape index (κ1) is 20.7. The van der Waals surface area contributed by atoms with Crippen molar-refractivity contribution >= 4 is 16.8 Å². The number of rotatable bonds is 6. The normalized spacial score (nSPS) is 17.9. The maximum Gasteiger partial charge on any atom is 0.338 e. The molecule has 0 saturated carbocycles. The van der Waals surface area contributed by atoms with Gasteiger partial charge < -0.3 is 9.64 Å². The van der Waals surface area contributed by atoms with Crippen LogP contribution in [0.2, 0.25) is 0 Å². The second-order valence-corrected chi connectivity index (χ2v) is 9.44. The Bertz CT molecular complexity index is 1010. The number of nitriles is 1. The monoisotopic (exact) mass is 423 g/mol. The van der Waals surface area contributed by atoms with Crippen molar-refractivity contribution in [3.8, 4) is 6.07 Å². The number of esters is 1. The van der Waals surface area contributed by atoms with Crippen LogP contribution in [0, 0.1) is 24.2 Å². The Kier molecular flexibility index (Phi) is 6.26. The van der Waals surface area contributed by atoms with Crippen LogP contribution in [0.25, 0.3) is 0 Å². The van der Waals surface area contributed by atoms with Gasteiger partial charge in [0.2, 0.25) is 0 Å². The lowest BCUT2D eigenvalue weighted by Gasteiger charge is -2.31. The molecule has 1 aromatic heterocycles. The fourth-order valence-corrected chi connectivity index (χ4v) is 5.53. The predicted molar refractivity (Wildman–Crippen MR) is 113 cm³/mol. The Balaban J connectivity index is 1.26. The molecule has 156 valence electrons. The summed E-state index contributed by atoms with van der Waals surface area (Å²) in [6.07, 6.45) is 4.51. The van der Waals surface area contributed by atoms with E-state index >= 15 is 0 Å². The highest BCUT2D eigenvalue weighted by Crippen LogP contribution is 2.27. The number of ether oxygens (including phenoxy) is 1. The third kappa shape index (κ3) is 4.45. The third-order valence-corrected chi connectivity index (χ3v) is 7.65. The number of fused-ring (bicyclic) bond motifs is 1. The van der Waals surface area contributed by atoms with Gasteiger partial charge in [0, 0.05) is 24.1 Å². The average molecular weight is 424 g/mol. The number of carbonyl (C=O) groups excluding carboxylic acids is 1. The van der Waals surface area contributed by atoms with Crippen molar-refractivity contribution in [3.63, 3.8) is 0 Å². The Hall–Kier alpha value is -2.56. The van der Waals surface area contributed by atoms with E-state index in [1.165, 1.54) is 17.3 Å². The van der Waals surface area contributed by atoms with E-state index in [1.807, 2.05) is 12.1 Å². The van der Waals surface area contributed by atoms with Crippen LogP contribution in [-0.2, 0) is 28.6 Å². The summed E-state index contributed by atoms with van der Waals surface area (Å²) in [6, 6.07) is 9.35. The molecule has 0 N–H and O–H groups in total. The average Bonchev–Trinajstić information content (AvgIpc) is 3.16. The predicted octanol–water partition coefficient (Wildman–Crippen LogP) is 2.99. The maximum absolute atomic E-state index is 12.6. The van der Waals surface area contributed by atoms with Crippen LogP contribution in [0.3, 0.4) is 0 Å². The SMILES string of the molecule is Cc1c(CCN2CCC(CS(=O)c3ccc(C#N)cn3)CC2)ccc2c1COC2=O. The van der Waals surface area contributed by atoms with E-state index in [-0.39, 0.29) is 5.97 Å². The van der Waals surface area contributed by atoms with Gasteiger partial charge in [-0.1, -0.05) is 6.07 Å². The van der Waals surface area contributed by atoms with Crippen molar-refractivity contribution in [2.75, 3.05) is 25.4 Å². The van der Waals surface area contributed by atoms with E-state index < -0.39 is 10.8 Å². The highest BCUT2D eigenvalue weighted by molar-refractivity contribution is 7.84. The number of hydrogen-bond donors (Lipinski definition) is 0. The highest BCUT2D eigenvalue weighted by atomic mass is 32.2. The van der Waals surface area contributed by atoms with Crippen molar-refractivity contribution in [3.05, 3.63) is 58.3 Å². The Morgan fingerprint density at radius 3 is 2.77 bits per heavy atom. The van der Waals surface area contributed by atoms with Crippen LogP contribution in [0.5, 0.6) is 0 Å². The van der Waals surface area contributed by atoms with Gasteiger partial charge in [-0.3, -0.25) is 4.21 Å². The summed E-state index contributed by atoms with van der Waals surface area (Å²) >= 11 is 0. The zero-order valence-corrected chi connectivity index (χ0v) is 17.9. The van der Waals surface area contributed by atoms with Gasteiger partial charge in [0.05, 0.1) is 21.9 Å². The Morgan fingerprint density at radius 1 is 1.27 bits per heavy atom. The van der Waals surface area contributed by atoms with Crippen molar-refractivity contribution in [2.45, 2.75) is 37.8 Å². The van der Waals surface area contributed by atoms with E-state index in [4.69, 9.17) is 10.00 Å². The molecule has 2 aromatic rings. The second-order valence-electron chi connectivity index (χ2n) is 8.00. The van der Waals surface area contributed by atoms with E-state index in [2.05, 4.69) is 22.9 Å². The lowest BCUT2D eigenvalue weighted by atomic mass is 9.95. The molecule has 0 spiro atoms.